The number of para-hydroxylation sites is 1. The number of nitrogens with one attached hydrogen (secondary N) is 1. The molecule has 0 saturated carbocycles. The number of benzene rings is 2. The van der Waals surface area contributed by atoms with Crippen molar-refractivity contribution in [3.05, 3.63) is 65.2 Å². The summed E-state index contributed by atoms with van der Waals surface area (Å²) in [5, 5.41) is 2.91. The largest absolute Gasteiger partial charge is 0.379 e. The van der Waals surface area contributed by atoms with Crippen molar-refractivity contribution in [2.75, 3.05) is 25.2 Å². The molecule has 0 aliphatic carbocycles. The lowest BCUT2D eigenvalue weighted by Gasteiger charge is -2.29. The first kappa shape index (κ1) is 27.6. The fraction of sp³-hybridized carbons (Fsp3) is 0.467. The minimum absolute atomic E-state index is 0.0164. The highest BCUT2D eigenvalue weighted by molar-refractivity contribution is 5.97. The average molecular weight is 493 g/mol. The van der Waals surface area contributed by atoms with Crippen molar-refractivity contribution < 1.29 is 19.1 Å². The van der Waals surface area contributed by atoms with Gasteiger partial charge in [-0.25, -0.2) is 0 Å². The molecule has 1 heterocycles. The van der Waals surface area contributed by atoms with Crippen molar-refractivity contribution >= 4 is 29.7 Å². The smallest absolute Gasteiger partial charge is 0.229 e. The number of ether oxygens (including phenoxy) is 2. The second-order valence-electron chi connectivity index (χ2n) is 10.5. The predicted molar refractivity (Wildman–Crippen MR) is 146 cm³/mol. The zero-order chi connectivity index (χ0) is 26.2. The Bertz CT molecular complexity index is 1070. The van der Waals surface area contributed by atoms with Gasteiger partial charge in [-0.15, -0.1) is 0 Å². The molecule has 6 nitrogen and oxygen atoms in total. The molecule has 0 radical (unpaired) electrons. The number of anilines is 1. The first-order valence-corrected chi connectivity index (χ1v) is 12.7. The molecule has 0 bridgehead atoms. The summed E-state index contributed by atoms with van der Waals surface area (Å²) in [6.45, 7) is 9.41. The van der Waals surface area contributed by atoms with E-state index in [0.717, 1.165) is 28.8 Å². The van der Waals surface area contributed by atoms with Crippen molar-refractivity contribution in [1.82, 2.24) is 5.32 Å². The number of fused-ring (bicyclic) bond motifs is 2. The second-order valence-corrected chi connectivity index (χ2v) is 10.5. The number of methoxy groups -OCH3 is 1. The molecule has 1 N–H and O–H groups in total. The van der Waals surface area contributed by atoms with Crippen LogP contribution in [-0.2, 0) is 25.6 Å². The third-order valence-corrected chi connectivity index (χ3v) is 6.72. The van der Waals surface area contributed by atoms with E-state index in [-0.39, 0.29) is 23.8 Å². The molecule has 1 aliphatic rings. The Hall–Kier alpha value is -2.96. The molecule has 0 unspecified atom stereocenters. The van der Waals surface area contributed by atoms with Crippen LogP contribution in [0.5, 0.6) is 0 Å². The molecule has 0 saturated heterocycles. The molecule has 6 heteroatoms. The minimum Gasteiger partial charge on any atom is -0.379 e. The highest BCUT2D eigenvalue weighted by atomic mass is 16.5. The number of hydrogen-bond donors (Lipinski definition) is 1. The van der Waals surface area contributed by atoms with Gasteiger partial charge < -0.3 is 19.7 Å². The van der Waals surface area contributed by atoms with Gasteiger partial charge in [0.05, 0.1) is 30.0 Å². The normalized spacial score (nSPS) is 14.3. The molecule has 0 spiro atoms. The summed E-state index contributed by atoms with van der Waals surface area (Å²) in [6, 6.07) is 16.0. The Kier molecular flexibility index (Phi) is 9.46. The predicted octanol–water partition coefficient (Wildman–Crippen LogP) is 5.60. The van der Waals surface area contributed by atoms with Crippen LogP contribution in [0.2, 0.25) is 0 Å². The summed E-state index contributed by atoms with van der Waals surface area (Å²) < 4.78 is 11.4. The lowest BCUT2D eigenvalue weighted by Crippen LogP contribution is -2.36. The SMILES string of the molecule is COC(C)(C)CCOC(C)(C)CCC(=O)NCCC(=O)N1Cc2ccccc2/C=C\c2ccccc21. The topological polar surface area (TPSA) is 67.9 Å². The maximum atomic E-state index is 13.3. The van der Waals surface area contributed by atoms with Crippen LogP contribution in [0.25, 0.3) is 12.2 Å². The van der Waals surface area contributed by atoms with Crippen LogP contribution in [0, 0.1) is 0 Å². The van der Waals surface area contributed by atoms with Gasteiger partial charge in [-0.2, -0.15) is 0 Å². The fourth-order valence-corrected chi connectivity index (χ4v) is 4.07. The highest BCUT2D eigenvalue weighted by Crippen LogP contribution is 2.29. The summed E-state index contributed by atoms with van der Waals surface area (Å²) in [4.78, 5) is 27.6. The van der Waals surface area contributed by atoms with E-state index in [2.05, 4.69) is 29.6 Å². The van der Waals surface area contributed by atoms with Crippen molar-refractivity contribution in [3.63, 3.8) is 0 Å². The third kappa shape index (κ3) is 8.04. The average Bonchev–Trinajstić information content (AvgIpc) is 2.84. The first-order chi connectivity index (χ1) is 17.1. The van der Waals surface area contributed by atoms with Crippen molar-refractivity contribution in [3.8, 4) is 0 Å². The van der Waals surface area contributed by atoms with Gasteiger partial charge in [0.15, 0.2) is 0 Å². The van der Waals surface area contributed by atoms with E-state index in [9.17, 15) is 9.59 Å². The van der Waals surface area contributed by atoms with Crippen LogP contribution >= 0.6 is 0 Å². The Morgan fingerprint density at radius 1 is 0.889 bits per heavy atom. The monoisotopic (exact) mass is 492 g/mol. The van der Waals surface area contributed by atoms with E-state index in [4.69, 9.17) is 9.47 Å². The molecule has 0 atom stereocenters. The fourth-order valence-electron chi connectivity index (χ4n) is 4.07. The van der Waals surface area contributed by atoms with Gasteiger partial charge in [0, 0.05) is 26.5 Å². The molecule has 194 valence electrons. The molecular formula is C30H40N2O4. The maximum Gasteiger partial charge on any atom is 0.229 e. The Labute approximate surface area is 215 Å². The van der Waals surface area contributed by atoms with Crippen LogP contribution in [0.4, 0.5) is 5.69 Å². The highest BCUT2D eigenvalue weighted by Gasteiger charge is 2.24. The Morgan fingerprint density at radius 2 is 1.56 bits per heavy atom. The van der Waals surface area contributed by atoms with Gasteiger partial charge in [-0.1, -0.05) is 54.6 Å². The van der Waals surface area contributed by atoms with Crippen molar-refractivity contribution in [1.29, 1.82) is 0 Å². The van der Waals surface area contributed by atoms with Crippen LogP contribution in [0.1, 0.15) is 70.1 Å². The number of rotatable bonds is 11. The lowest BCUT2D eigenvalue weighted by molar-refractivity contribution is -0.123. The van der Waals surface area contributed by atoms with Crippen LogP contribution in [0.3, 0.4) is 0 Å². The Balaban J connectivity index is 1.51. The number of carbonyl (C=O) groups excluding carboxylic acids is 2. The summed E-state index contributed by atoms with van der Waals surface area (Å²) in [7, 11) is 1.70. The molecule has 2 aromatic carbocycles. The van der Waals surface area contributed by atoms with Crippen molar-refractivity contribution in [2.24, 2.45) is 0 Å². The van der Waals surface area contributed by atoms with E-state index in [0.29, 0.717) is 32.5 Å². The second kappa shape index (κ2) is 12.3. The van der Waals surface area contributed by atoms with E-state index in [1.165, 1.54) is 0 Å². The van der Waals surface area contributed by atoms with Gasteiger partial charge in [0.2, 0.25) is 11.8 Å². The molecule has 1 aliphatic heterocycles. The number of hydrogen-bond acceptors (Lipinski definition) is 4. The van der Waals surface area contributed by atoms with Crippen molar-refractivity contribution in [2.45, 2.75) is 71.1 Å². The molecule has 3 rings (SSSR count). The summed E-state index contributed by atoms with van der Waals surface area (Å²) in [6.07, 6.45) is 6.11. The quantitative estimate of drug-likeness (QED) is 0.443. The van der Waals surface area contributed by atoms with Crippen LogP contribution < -0.4 is 10.2 Å². The first-order valence-electron chi connectivity index (χ1n) is 12.7. The molecular weight excluding hydrogens is 452 g/mol. The molecule has 0 fully saturated rings. The van der Waals surface area contributed by atoms with Gasteiger partial charge in [-0.05, 0) is 63.3 Å². The number of amides is 2. The summed E-state index contributed by atoms with van der Waals surface area (Å²) >= 11 is 0. The van der Waals surface area contributed by atoms with Crippen LogP contribution in [-0.4, -0.2) is 43.3 Å². The van der Waals surface area contributed by atoms with E-state index < -0.39 is 5.60 Å². The molecule has 2 amide bonds. The number of nitrogens with zero attached hydrogens (tertiary/aromatic N) is 1. The Morgan fingerprint density at radius 3 is 2.31 bits per heavy atom. The molecule has 36 heavy (non-hydrogen) atoms. The molecule has 2 aromatic rings. The summed E-state index contributed by atoms with van der Waals surface area (Å²) in [5.74, 6) is -0.0877. The van der Waals surface area contributed by atoms with E-state index >= 15 is 0 Å². The lowest BCUT2D eigenvalue weighted by atomic mass is 10.0. The summed E-state index contributed by atoms with van der Waals surface area (Å²) in [5.41, 5.74) is 3.44. The molecule has 0 aromatic heterocycles. The van der Waals surface area contributed by atoms with E-state index in [1.807, 2.05) is 69.0 Å². The van der Waals surface area contributed by atoms with Gasteiger partial charge >= 0.3 is 0 Å². The zero-order valence-electron chi connectivity index (χ0n) is 22.3. The van der Waals surface area contributed by atoms with Gasteiger partial charge in [0.25, 0.3) is 0 Å². The van der Waals surface area contributed by atoms with Gasteiger partial charge in [0.1, 0.15) is 0 Å². The third-order valence-electron chi connectivity index (χ3n) is 6.72. The number of carbonyl (C=O) groups is 2. The maximum absolute atomic E-state index is 13.3. The zero-order valence-corrected chi connectivity index (χ0v) is 22.3. The van der Waals surface area contributed by atoms with Crippen LogP contribution in [0.15, 0.2) is 48.5 Å². The standard InChI is InChI=1S/C30H40N2O4/c1-29(2,35-5)19-21-36-30(3,4)18-16-27(33)31-20-17-28(34)32-22-25-12-7-6-10-23(25)14-15-24-11-8-9-13-26(24)32/h6-15H,16-22H2,1-5H3,(H,31,33)/b15-14-. The van der Waals surface area contributed by atoms with E-state index in [1.54, 1.807) is 7.11 Å². The van der Waals surface area contributed by atoms with Gasteiger partial charge in [-0.3, -0.25) is 9.59 Å². The minimum atomic E-state index is -0.411.